The minimum absolute atomic E-state index is 0.158. The van der Waals surface area contributed by atoms with Crippen molar-refractivity contribution in [3.8, 4) is 0 Å². The summed E-state index contributed by atoms with van der Waals surface area (Å²) in [4.78, 5) is 10.6. The lowest BCUT2D eigenvalue weighted by atomic mass is 10.3. The fourth-order valence-electron chi connectivity index (χ4n) is 1.34. The van der Waals surface area contributed by atoms with Crippen LogP contribution in [0.25, 0.3) is 0 Å². The number of rotatable bonds is 2. The van der Waals surface area contributed by atoms with Gasteiger partial charge in [0, 0.05) is 19.4 Å². The molecule has 0 aromatic rings. The van der Waals surface area contributed by atoms with Gasteiger partial charge in [0.2, 0.25) is 0 Å². The van der Waals surface area contributed by atoms with Crippen molar-refractivity contribution in [2.24, 2.45) is 0 Å². The van der Waals surface area contributed by atoms with Crippen molar-refractivity contribution in [3.63, 3.8) is 0 Å². The summed E-state index contributed by atoms with van der Waals surface area (Å²) in [6, 6.07) is -0.158. The fraction of sp³-hybridized carbons (Fsp3) is 0.308. The van der Waals surface area contributed by atoms with Crippen LogP contribution in [0.5, 0.6) is 0 Å². The van der Waals surface area contributed by atoms with E-state index in [9.17, 15) is 13.6 Å². The van der Waals surface area contributed by atoms with Gasteiger partial charge >= 0.3 is 6.03 Å². The van der Waals surface area contributed by atoms with Gasteiger partial charge < -0.3 is 15.4 Å². The summed E-state index contributed by atoms with van der Waals surface area (Å²) < 4.78 is 29.2. The number of methoxy groups -OCH3 is 1. The third-order valence-electron chi connectivity index (χ3n) is 2.21. The smallest absolute Gasteiger partial charge is 0.319 e. The Kier molecular flexibility index (Phi) is 6.52. The molecule has 1 aliphatic carbocycles. The molecular weight excluding hydrogens is 254 g/mol. The number of amides is 2. The zero-order chi connectivity index (χ0) is 14.1. The van der Waals surface area contributed by atoms with E-state index < -0.39 is 11.7 Å². The third-order valence-corrected chi connectivity index (χ3v) is 2.21. The maximum absolute atomic E-state index is 12.2. The highest BCUT2D eigenvalue weighted by molar-refractivity contribution is 5.77. The van der Waals surface area contributed by atoms with E-state index in [2.05, 4.69) is 10.6 Å². The van der Waals surface area contributed by atoms with E-state index in [1.54, 1.807) is 19.3 Å². The maximum atomic E-state index is 12.2. The number of carbonyl (C=O) groups excluding carboxylic acids is 1. The first-order valence-corrected chi connectivity index (χ1v) is 5.74. The topological polar surface area (TPSA) is 50.4 Å². The molecule has 0 atom stereocenters. The normalized spacial score (nSPS) is 17.8. The summed E-state index contributed by atoms with van der Waals surface area (Å²) in [5, 5.41) is 5.19. The Bertz CT molecular complexity index is 420. The van der Waals surface area contributed by atoms with Gasteiger partial charge in [-0.25, -0.2) is 13.6 Å². The van der Waals surface area contributed by atoms with Crippen LogP contribution in [-0.2, 0) is 4.74 Å². The Morgan fingerprint density at radius 2 is 1.89 bits per heavy atom. The molecule has 104 valence electrons. The first kappa shape index (κ1) is 15.1. The van der Waals surface area contributed by atoms with Crippen molar-refractivity contribution < 1.29 is 18.3 Å². The number of carbonyl (C=O) groups is 1. The van der Waals surface area contributed by atoms with E-state index in [0.717, 1.165) is 17.8 Å². The number of hydrogen-bond donors (Lipinski definition) is 2. The zero-order valence-corrected chi connectivity index (χ0v) is 10.6. The first-order chi connectivity index (χ1) is 9.13. The van der Waals surface area contributed by atoms with Crippen LogP contribution in [0.3, 0.4) is 0 Å². The molecule has 0 spiro atoms. The summed E-state index contributed by atoms with van der Waals surface area (Å²) in [7, 11) is 1.59. The van der Waals surface area contributed by atoms with E-state index in [4.69, 9.17) is 4.74 Å². The minimum atomic E-state index is -0.788. The average Bonchev–Trinajstić information content (AvgIpc) is 2.56. The largest absolute Gasteiger partial charge is 0.378 e. The number of ether oxygens (including phenoxy) is 1. The molecule has 4 nitrogen and oxygen atoms in total. The molecule has 2 N–H and O–H groups in total. The number of allylic oxidation sites excluding steroid dienone is 6. The molecule has 6 heteroatoms. The van der Waals surface area contributed by atoms with Crippen molar-refractivity contribution in [2.75, 3.05) is 20.3 Å². The third kappa shape index (κ3) is 5.96. The second-order valence-corrected chi connectivity index (χ2v) is 3.73. The van der Waals surface area contributed by atoms with Crippen LogP contribution in [0.2, 0.25) is 0 Å². The number of urea groups is 1. The van der Waals surface area contributed by atoms with Crippen molar-refractivity contribution in [1.82, 2.24) is 10.6 Å². The van der Waals surface area contributed by atoms with Crippen molar-refractivity contribution >= 4 is 6.03 Å². The molecule has 0 unspecified atom stereocenters. The molecule has 0 radical (unpaired) electrons. The standard InChI is InChI=1S/C7H6F2.C6H10N2O2/c8-6-4-2-1-3-5-7(6)9;1-10-4-5-2-3-7-6(9)8-5/h2-5H,1H2;2H,3-4H2,1H3,(H2,7,8,9). The zero-order valence-electron chi connectivity index (χ0n) is 10.6. The molecule has 2 rings (SSSR count). The molecule has 0 saturated carbocycles. The van der Waals surface area contributed by atoms with E-state index >= 15 is 0 Å². The van der Waals surface area contributed by atoms with Crippen LogP contribution in [0.15, 0.2) is 47.7 Å². The summed E-state index contributed by atoms with van der Waals surface area (Å²) in [5.74, 6) is -1.58. The number of hydrogen-bond acceptors (Lipinski definition) is 2. The quantitative estimate of drug-likeness (QED) is 0.810. The molecule has 0 bridgehead atoms. The van der Waals surface area contributed by atoms with Crippen LogP contribution in [-0.4, -0.2) is 26.3 Å². The highest BCUT2D eigenvalue weighted by atomic mass is 19.2. The summed E-state index contributed by atoms with van der Waals surface area (Å²) in [6.07, 6.45) is 7.88. The van der Waals surface area contributed by atoms with Crippen molar-refractivity contribution in [3.05, 3.63) is 47.7 Å². The molecule has 2 aliphatic rings. The van der Waals surface area contributed by atoms with E-state index in [0.29, 0.717) is 19.6 Å². The number of nitrogens with one attached hydrogen (secondary N) is 2. The van der Waals surface area contributed by atoms with Gasteiger partial charge in [-0.15, -0.1) is 0 Å². The molecule has 19 heavy (non-hydrogen) atoms. The van der Waals surface area contributed by atoms with Crippen molar-refractivity contribution in [1.29, 1.82) is 0 Å². The highest BCUT2D eigenvalue weighted by Crippen LogP contribution is 2.14. The maximum Gasteiger partial charge on any atom is 0.319 e. The Hall–Kier alpha value is -1.95. The van der Waals surface area contributed by atoms with Gasteiger partial charge in [0.1, 0.15) is 0 Å². The van der Waals surface area contributed by atoms with E-state index in [-0.39, 0.29) is 6.03 Å². The van der Waals surface area contributed by atoms with Gasteiger partial charge in [0.05, 0.1) is 6.61 Å². The van der Waals surface area contributed by atoms with E-state index in [1.165, 1.54) is 0 Å². The minimum Gasteiger partial charge on any atom is -0.378 e. The van der Waals surface area contributed by atoms with Crippen LogP contribution in [0.1, 0.15) is 6.42 Å². The van der Waals surface area contributed by atoms with Gasteiger partial charge in [0.15, 0.2) is 11.7 Å². The molecule has 0 fully saturated rings. The lowest BCUT2D eigenvalue weighted by Crippen LogP contribution is -2.40. The SMILES string of the molecule is COCC1=CCNC(=O)N1.FC1=C(F)C=CCC=C1. The van der Waals surface area contributed by atoms with Gasteiger partial charge in [0.25, 0.3) is 0 Å². The molecule has 2 amide bonds. The summed E-state index contributed by atoms with van der Waals surface area (Å²) in [6.45, 7) is 1.05. The highest BCUT2D eigenvalue weighted by Gasteiger charge is 2.06. The molecule has 0 aromatic heterocycles. The average molecular weight is 270 g/mol. The Morgan fingerprint density at radius 1 is 1.26 bits per heavy atom. The Balaban J connectivity index is 0.000000191. The second kappa shape index (κ2) is 8.20. The van der Waals surface area contributed by atoms with E-state index in [1.807, 2.05) is 6.08 Å². The van der Waals surface area contributed by atoms with Crippen LogP contribution in [0, 0.1) is 0 Å². The van der Waals surface area contributed by atoms with Gasteiger partial charge in [-0.1, -0.05) is 12.2 Å². The fourth-order valence-corrected chi connectivity index (χ4v) is 1.34. The lowest BCUT2D eigenvalue weighted by molar-refractivity contribution is 0.212. The molecule has 0 aromatic carbocycles. The number of halogens is 2. The van der Waals surface area contributed by atoms with Gasteiger partial charge in [-0.05, 0) is 24.6 Å². The predicted octanol–water partition coefficient (Wildman–Crippen LogP) is 2.48. The first-order valence-electron chi connectivity index (χ1n) is 5.74. The Morgan fingerprint density at radius 3 is 2.42 bits per heavy atom. The molecular formula is C13H16F2N2O2. The predicted molar refractivity (Wildman–Crippen MR) is 68.6 cm³/mol. The monoisotopic (exact) mass is 270 g/mol. The molecule has 1 aliphatic heterocycles. The van der Waals surface area contributed by atoms with Gasteiger partial charge in [-0.3, -0.25) is 0 Å². The van der Waals surface area contributed by atoms with Crippen LogP contribution < -0.4 is 10.6 Å². The summed E-state index contributed by atoms with van der Waals surface area (Å²) >= 11 is 0. The lowest BCUT2D eigenvalue weighted by Gasteiger charge is -2.14. The van der Waals surface area contributed by atoms with Crippen LogP contribution in [0.4, 0.5) is 13.6 Å². The Labute approximate surface area is 110 Å². The van der Waals surface area contributed by atoms with Crippen LogP contribution >= 0.6 is 0 Å². The molecule has 1 heterocycles. The van der Waals surface area contributed by atoms with Gasteiger partial charge in [-0.2, -0.15) is 0 Å². The molecule has 0 saturated heterocycles. The second-order valence-electron chi connectivity index (χ2n) is 3.73. The van der Waals surface area contributed by atoms with Crippen molar-refractivity contribution in [2.45, 2.75) is 6.42 Å². The summed E-state index contributed by atoms with van der Waals surface area (Å²) in [5.41, 5.74) is 0.825.